The number of benzene rings is 3. The van der Waals surface area contributed by atoms with Gasteiger partial charge in [-0.3, -0.25) is 4.79 Å². The van der Waals surface area contributed by atoms with Crippen molar-refractivity contribution < 1.29 is 14.0 Å². The molecule has 1 heterocycles. The van der Waals surface area contributed by atoms with Gasteiger partial charge in [0.15, 0.2) is 0 Å². The van der Waals surface area contributed by atoms with Crippen LogP contribution in [0.5, 0.6) is 0 Å². The maximum atomic E-state index is 13.1. The van der Waals surface area contributed by atoms with Gasteiger partial charge in [-0.05, 0) is 67.8 Å². The van der Waals surface area contributed by atoms with Gasteiger partial charge in [-0.25, -0.2) is 9.18 Å². The van der Waals surface area contributed by atoms with Gasteiger partial charge >= 0.3 is 6.03 Å². The summed E-state index contributed by atoms with van der Waals surface area (Å²) < 4.78 is 13.1. The zero-order valence-corrected chi connectivity index (χ0v) is 18.5. The summed E-state index contributed by atoms with van der Waals surface area (Å²) in [6, 6.07) is 18.4. The molecule has 1 aliphatic rings. The van der Waals surface area contributed by atoms with E-state index < -0.39 is 6.03 Å². The van der Waals surface area contributed by atoms with Gasteiger partial charge in [0, 0.05) is 30.9 Å². The Morgan fingerprint density at radius 1 is 0.909 bits per heavy atom. The van der Waals surface area contributed by atoms with E-state index in [1.165, 1.54) is 24.3 Å². The highest BCUT2D eigenvalue weighted by atomic mass is 19.1. The second-order valence-corrected chi connectivity index (χ2v) is 8.18. The van der Waals surface area contributed by atoms with Gasteiger partial charge in [-0.1, -0.05) is 29.8 Å². The van der Waals surface area contributed by atoms with Crippen LogP contribution in [0.4, 0.5) is 26.2 Å². The molecule has 6 nitrogen and oxygen atoms in total. The number of anilines is 3. The lowest BCUT2D eigenvalue weighted by molar-refractivity contribution is 0.0951. The van der Waals surface area contributed by atoms with Crippen LogP contribution >= 0.6 is 0 Å². The van der Waals surface area contributed by atoms with Crippen molar-refractivity contribution in [1.82, 2.24) is 5.32 Å². The van der Waals surface area contributed by atoms with Crippen molar-refractivity contribution in [2.24, 2.45) is 0 Å². The average Bonchev–Trinajstić information content (AvgIpc) is 3.35. The normalized spacial score (nSPS) is 13.0. The minimum Gasteiger partial charge on any atom is -0.370 e. The second kappa shape index (κ2) is 10.2. The lowest BCUT2D eigenvalue weighted by atomic mass is 10.1. The zero-order valence-electron chi connectivity index (χ0n) is 18.5. The molecule has 7 heteroatoms. The minimum absolute atomic E-state index is 0.217. The Hall–Kier alpha value is -3.87. The van der Waals surface area contributed by atoms with Crippen LogP contribution in [0.15, 0.2) is 66.7 Å². The third-order valence-electron chi connectivity index (χ3n) is 5.63. The van der Waals surface area contributed by atoms with Crippen LogP contribution in [0.2, 0.25) is 0 Å². The molecule has 3 aromatic carbocycles. The summed E-state index contributed by atoms with van der Waals surface area (Å²) in [6.07, 6.45) is 2.17. The summed E-state index contributed by atoms with van der Waals surface area (Å²) in [4.78, 5) is 27.6. The first-order valence-corrected chi connectivity index (χ1v) is 11.0. The number of carbonyl (C=O) groups is 2. The molecule has 0 saturated carbocycles. The fourth-order valence-electron chi connectivity index (χ4n) is 3.82. The zero-order chi connectivity index (χ0) is 23.2. The first-order valence-electron chi connectivity index (χ1n) is 11.0. The number of halogens is 1. The Morgan fingerprint density at radius 2 is 1.61 bits per heavy atom. The summed E-state index contributed by atoms with van der Waals surface area (Å²) in [7, 11) is 0. The van der Waals surface area contributed by atoms with Crippen molar-refractivity contribution in [1.29, 1.82) is 0 Å². The summed E-state index contributed by atoms with van der Waals surface area (Å²) >= 11 is 0. The number of rotatable bonds is 6. The van der Waals surface area contributed by atoms with E-state index in [1.807, 2.05) is 37.3 Å². The maximum absolute atomic E-state index is 13.1. The number of hydrogen-bond donors (Lipinski definition) is 3. The van der Waals surface area contributed by atoms with Gasteiger partial charge in [-0.15, -0.1) is 0 Å². The number of nitrogens with zero attached hydrogens (tertiary/aromatic N) is 1. The third-order valence-corrected chi connectivity index (χ3v) is 5.63. The Balaban J connectivity index is 1.49. The highest BCUT2D eigenvalue weighted by molar-refractivity contribution is 6.04. The lowest BCUT2D eigenvalue weighted by Gasteiger charge is -2.22. The number of nitrogens with one attached hydrogen (secondary N) is 3. The SMILES string of the molecule is Cc1ccc(CNC(=O)c2ccc(N3CCCC3)c(NC(=O)Nc3ccc(F)cc3)c2)cc1. The van der Waals surface area contributed by atoms with Gasteiger partial charge < -0.3 is 20.9 Å². The van der Waals surface area contributed by atoms with E-state index in [2.05, 4.69) is 20.9 Å². The van der Waals surface area contributed by atoms with Crippen molar-refractivity contribution in [2.45, 2.75) is 26.3 Å². The van der Waals surface area contributed by atoms with Crippen molar-refractivity contribution in [3.63, 3.8) is 0 Å². The topological polar surface area (TPSA) is 73.5 Å². The summed E-state index contributed by atoms with van der Waals surface area (Å²) in [6.45, 7) is 4.23. The van der Waals surface area contributed by atoms with Crippen LogP contribution in [0, 0.1) is 12.7 Å². The molecule has 0 radical (unpaired) electrons. The molecule has 0 atom stereocenters. The molecular weight excluding hydrogens is 419 g/mol. The Kier molecular flexibility index (Phi) is 6.88. The van der Waals surface area contributed by atoms with Crippen LogP contribution in [0.3, 0.4) is 0 Å². The molecule has 1 aliphatic heterocycles. The standard InChI is InChI=1S/C26H27FN4O2/c1-18-4-6-19(7-5-18)17-28-25(32)20-8-13-24(31-14-2-3-15-31)23(16-20)30-26(33)29-22-11-9-21(27)10-12-22/h4-13,16H,2-3,14-15,17H2,1H3,(H,28,32)(H2,29,30,33). The van der Waals surface area contributed by atoms with E-state index in [9.17, 15) is 14.0 Å². The van der Waals surface area contributed by atoms with Crippen LogP contribution < -0.4 is 20.9 Å². The number of aryl methyl sites for hydroxylation is 1. The van der Waals surface area contributed by atoms with Crippen molar-refractivity contribution in [3.05, 3.63) is 89.2 Å². The molecule has 0 bridgehead atoms. The molecule has 3 N–H and O–H groups in total. The number of urea groups is 1. The largest absolute Gasteiger partial charge is 0.370 e. The molecule has 0 aliphatic carbocycles. The van der Waals surface area contributed by atoms with Crippen LogP contribution in [-0.4, -0.2) is 25.0 Å². The van der Waals surface area contributed by atoms with Gasteiger partial charge in [-0.2, -0.15) is 0 Å². The monoisotopic (exact) mass is 446 g/mol. The van der Waals surface area contributed by atoms with Crippen LogP contribution in [0.25, 0.3) is 0 Å². The quantitative estimate of drug-likeness (QED) is 0.481. The van der Waals surface area contributed by atoms with Crippen molar-refractivity contribution >= 4 is 29.0 Å². The van der Waals surface area contributed by atoms with E-state index >= 15 is 0 Å². The predicted molar refractivity (Wildman–Crippen MR) is 129 cm³/mol. The highest BCUT2D eigenvalue weighted by Crippen LogP contribution is 2.30. The third kappa shape index (κ3) is 5.88. The minimum atomic E-state index is -0.459. The lowest BCUT2D eigenvalue weighted by Crippen LogP contribution is -2.26. The summed E-state index contributed by atoms with van der Waals surface area (Å²) in [5, 5.41) is 8.49. The predicted octanol–water partition coefficient (Wildman–Crippen LogP) is 5.31. The number of amides is 3. The molecule has 33 heavy (non-hydrogen) atoms. The first-order chi connectivity index (χ1) is 16.0. The number of hydrogen-bond acceptors (Lipinski definition) is 3. The fraction of sp³-hybridized carbons (Fsp3) is 0.231. The second-order valence-electron chi connectivity index (χ2n) is 8.18. The van der Waals surface area contributed by atoms with Gasteiger partial charge in [0.1, 0.15) is 5.82 Å². The smallest absolute Gasteiger partial charge is 0.323 e. The maximum Gasteiger partial charge on any atom is 0.323 e. The van der Waals surface area contributed by atoms with E-state index in [1.54, 1.807) is 12.1 Å². The molecule has 0 aromatic heterocycles. The van der Waals surface area contributed by atoms with E-state index in [0.29, 0.717) is 23.5 Å². The molecule has 1 fully saturated rings. The molecule has 170 valence electrons. The molecule has 3 aromatic rings. The fourth-order valence-corrected chi connectivity index (χ4v) is 3.82. The van der Waals surface area contributed by atoms with Crippen molar-refractivity contribution in [3.8, 4) is 0 Å². The van der Waals surface area contributed by atoms with Gasteiger partial charge in [0.25, 0.3) is 5.91 Å². The molecule has 4 rings (SSSR count). The summed E-state index contributed by atoms with van der Waals surface area (Å²) in [5.74, 6) is -0.591. The van der Waals surface area contributed by atoms with E-state index in [4.69, 9.17) is 0 Å². The van der Waals surface area contributed by atoms with Crippen LogP contribution in [-0.2, 0) is 6.54 Å². The Labute approximate surface area is 192 Å². The van der Waals surface area contributed by atoms with E-state index in [0.717, 1.165) is 42.7 Å². The summed E-state index contributed by atoms with van der Waals surface area (Å²) in [5.41, 5.74) is 4.54. The number of carbonyl (C=O) groups excluding carboxylic acids is 2. The van der Waals surface area contributed by atoms with Crippen LogP contribution in [0.1, 0.15) is 34.3 Å². The molecule has 0 spiro atoms. The van der Waals surface area contributed by atoms with Crippen molar-refractivity contribution in [2.75, 3.05) is 28.6 Å². The Bertz CT molecular complexity index is 1120. The Morgan fingerprint density at radius 3 is 2.30 bits per heavy atom. The molecular formula is C26H27FN4O2. The molecule has 1 saturated heterocycles. The highest BCUT2D eigenvalue weighted by Gasteiger charge is 2.19. The average molecular weight is 447 g/mol. The molecule has 3 amide bonds. The molecule has 0 unspecified atom stereocenters. The van der Waals surface area contributed by atoms with Gasteiger partial charge in [0.2, 0.25) is 0 Å². The van der Waals surface area contributed by atoms with E-state index in [-0.39, 0.29) is 11.7 Å². The van der Waals surface area contributed by atoms with Gasteiger partial charge in [0.05, 0.1) is 11.4 Å². The first kappa shape index (κ1) is 22.3.